The topological polar surface area (TPSA) is 192 Å². The number of carboxylic acids is 1. The van der Waals surface area contributed by atoms with E-state index in [2.05, 4.69) is 140 Å². The van der Waals surface area contributed by atoms with E-state index >= 15 is 0 Å². The average molecular weight is 1440 g/mol. The molecule has 0 spiro atoms. The highest BCUT2D eigenvalue weighted by Crippen LogP contribution is 2.58. The molecule has 4 heterocycles. The molecule has 10 aromatic rings. The Morgan fingerprint density at radius 3 is 1.24 bits per heavy atom. The summed E-state index contributed by atoms with van der Waals surface area (Å²) in [6.45, 7) is 34.9. The van der Waals surface area contributed by atoms with Gasteiger partial charge in [-0.15, -0.1) is 0 Å². The fourth-order valence-corrected chi connectivity index (χ4v) is 17.1. The first kappa shape index (κ1) is 80.4. The lowest BCUT2D eigenvalue weighted by molar-refractivity contribution is -0.142. The van der Waals surface area contributed by atoms with E-state index in [0.29, 0.717) is 36.1 Å². The Labute approximate surface area is 635 Å². The van der Waals surface area contributed by atoms with Gasteiger partial charge in [-0.3, -0.25) is 19.2 Å². The van der Waals surface area contributed by atoms with E-state index in [1.165, 1.54) is 98.9 Å². The molecule has 1 amide bonds. The molecule has 0 radical (unpaired) electrons. The van der Waals surface area contributed by atoms with Crippen LogP contribution in [-0.2, 0) is 14.4 Å². The van der Waals surface area contributed by atoms with Crippen LogP contribution < -0.4 is 15.2 Å². The highest BCUT2D eigenvalue weighted by molar-refractivity contribution is 6.12. The third-order valence-electron chi connectivity index (χ3n) is 22.1. The second kappa shape index (κ2) is 35.2. The summed E-state index contributed by atoms with van der Waals surface area (Å²) in [7, 11) is 0. The lowest BCUT2D eigenvalue weighted by atomic mass is 9.64. The van der Waals surface area contributed by atoms with E-state index in [4.69, 9.17) is 51.6 Å². The van der Waals surface area contributed by atoms with Crippen molar-refractivity contribution in [3.05, 3.63) is 191 Å². The maximum atomic E-state index is 13.2. The molecule has 6 aliphatic rings. The molecular weight excluding hydrogens is 1330 g/mol. The molecule has 16 rings (SSSR count). The highest BCUT2D eigenvalue weighted by atomic mass is 16.5. The smallest absolute Gasteiger partial charge is 0.300 e. The van der Waals surface area contributed by atoms with E-state index in [9.17, 15) is 14.4 Å². The average Bonchev–Trinajstić information content (AvgIpc) is 0.717. The predicted octanol–water partition coefficient (Wildman–Crippen LogP) is 22.7. The van der Waals surface area contributed by atoms with Gasteiger partial charge in [-0.1, -0.05) is 219 Å². The molecule has 0 saturated heterocycles. The fraction of sp³-hybridized carbons (Fsp3) is 0.473. The van der Waals surface area contributed by atoms with Gasteiger partial charge in [0.05, 0.1) is 44.1 Å². The number of hydrogen-bond donors (Lipinski definition) is 2. The van der Waals surface area contributed by atoms with E-state index in [-0.39, 0.29) is 39.9 Å². The minimum Gasteiger partial charge on any atom is -0.487 e. The van der Waals surface area contributed by atoms with Crippen LogP contribution in [0.3, 0.4) is 0 Å². The van der Waals surface area contributed by atoms with Gasteiger partial charge < -0.3 is 30.1 Å². The summed E-state index contributed by atoms with van der Waals surface area (Å²) in [5, 5.41) is 12.0. The molecule has 564 valence electrons. The number of carboxylic acid groups (broad SMARTS) is 1. The SMILES string of the molecule is CC(=O)N(C1CCCCC1)C(C(=O)CC(C)(C)C)c1ccccc1.CC(=O)O.C[C@H]1CC[C@H]2[C@H](C1)c1c(c3ccccc3c3nc4ccccc4nc13)OC2(C)C.C[C@H]1CC[C@H]2[C@H](C1)c1c(c3ccccc3c3nc4ccccc4nc13)OC2(C)C.NC1CCCCC1.O=Cc1ccccc1.[C-]#[N+]C(C)(C)C. The van der Waals surface area contributed by atoms with Crippen LogP contribution in [0.2, 0.25) is 0 Å². The maximum absolute atomic E-state index is 13.2. The Bertz CT molecular complexity index is 4550. The summed E-state index contributed by atoms with van der Waals surface area (Å²) >= 11 is 0. The van der Waals surface area contributed by atoms with E-state index in [1.807, 2.05) is 98.5 Å². The Morgan fingerprint density at radius 1 is 0.542 bits per heavy atom. The van der Waals surface area contributed by atoms with Crippen LogP contribution in [0.1, 0.15) is 251 Å². The lowest BCUT2D eigenvalue weighted by Gasteiger charge is -2.49. The van der Waals surface area contributed by atoms with Crippen LogP contribution >= 0.6 is 0 Å². The normalized spacial score (nSPS) is 20.8. The Morgan fingerprint density at radius 2 is 0.897 bits per heavy atom. The van der Waals surface area contributed by atoms with Gasteiger partial charge in [0.25, 0.3) is 5.97 Å². The third kappa shape index (κ3) is 20.0. The molecule has 107 heavy (non-hydrogen) atoms. The van der Waals surface area contributed by atoms with Gasteiger partial charge in [-0.25, -0.2) is 26.5 Å². The van der Waals surface area contributed by atoms with Gasteiger partial charge >= 0.3 is 0 Å². The molecule has 2 aliphatic heterocycles. The highest BCUT2D eigenvalue weighted by Gasteiger charge is 2.49. The largest absolute Gasteiger partial charge is 0.487 e. The van der Waals surface area contributed by atoms with Gasteiger partial charge in [0.15, 0.2) is 5.78 Å². The number of carbonyl (C=O) groups excluding carboxylic acids is 3. The van der Waals surface area contributed by atoms with Crippen molar-refractivity contribution in [2.45, 2.75) is 253 Å². The first-order valence-corrected chi connectivity index (χ1v) is 39.3. The number of para-hydroxylation sites is 4. The zero-order chi connectivity index (χ0) is 77.0. The van der Waals surface area contributed by atoms with Crippen LogP contribution in [0.15, 0.2) is 158 Å². The number of Topliss-reactive ketones (excluding diaryl/α,β-unsaturated/α-hetero) is 1. The van der Waals surface area contributed by atoms with Crippen molar-refractivity contribution in [3.63, 3.8) is 0 Å². The van der Waals surface area contributed by atoms with Crippen LogP contribution in [0.4, 0.5) is 0 Å². The molecule has 4 aliphatic carbocycles. The van der Waals surface area contributed by atoms with Crippen molar-refractivity contribution in [1.82, 2.24) is 24.8 Å². The minimum absolute atomic E-state index is 0.0120. The number of amides is 1. The number of aldehydes is 1. The predicted molar refractivity (Wildman–Crippen MR) is 437 cm³/mol. The number of benzene rings is 8. The van der Waals surface area contributed by atoms with Crippen molar-refractivity contribution < 1.29 is 33.8 Å². The number of nitrogens with zero attached hydrogens (tertiary/aromatic N) is 6. The zero-order valence-corrected chi connectivity index (χ0v) is 66.0. The number of rotatable bonds is 6. The first-order valence-electron chi connectivity index (χ1n) is 39.3. The van der Waals surface area contributed by atoms with Gasteiger partial charge in [-0.2, -0.15) is 0 Å². The third-order valence-corrected chi connectivity index (χ3v) is 22.1. The second-order valence-corrected chi connectivity index (χ2v) is 34.0. The number of fused-ring (bicyclic) bond motifs is 18. The number of aromatic nitrogens is 4. The molecule has 2 aromatic heterocycles. The number of nitrogens with two attached hydrogens (primary N) is 1. The number of aliphatic carboxylic acids is 1. The molecule has 4 fully saturated rings. The zero-order valence-electron chi connectivity index (χ0n) is 66.0. The van der Waals surface area contributed by atoms with Crippen LogP contribution in [0.25, 0.3) is 70.5 Å². The van der Waals surface area contributed by atoms with E-state index in [0.717, 1.165) is 128 Å². The van der Waals surface area contributed by atoms with Crippen LogP contribution in [0, 0.1) is 35.7 Å². The molecular formula is C93H115N7O7. The minimum atomic E-state index is -0.833. The lowest BCUT2D eigenvalue weighted by Crippen LogP contribution is -2.46. The van der Waals surface area contributed by atoms with E-state index in [1.54, 1.807) is 19.1 Å². The number of hydrogen-bond acceptors (Lipinski definition) is 11. The summed E-state index contributed by atoms with van der Waals surface area (Å²) in [5.74, 6) is 4.84. The molecule has 4 saturated carbocycles. The summed E-state index contributed by atoms with van der Waals surface area (Å²) in [6.07, 6.45) is 20.9. The summed E-state index contributed by atoms with van der Waals surface area (Å²) in [4.78, 5) is 70.3. The Hall–Kier alpha value is -9.19. The van der Waals surface area contributed by atoms with Gasteiger partial charge in [0, 0.05) is 103 Å². The molecule has 8 aromatic carbocycles. The van der Waals surface area contributed by atoms with Crippen molar-refractivity contribution in [1.29, 1.82) is 0 Å². The summed E-state index contributed by atoms with van der Waals surface area (Å²) in [6, 6.07) is 52.7. The van der Waals surface area contributed by atoms with Crippen LogP contribution in [0.5, 0.6) is 11.5 Å². The standard InChI is InChI=1S/2C26H26N2O.C21H31NO2.C7H6O.C6H13N.C5H9N.C2H4O2/c2*1-15-12-13-19-18(14-15)22-24-23(27-20-10-6-7-11-21(20)28-24)16-8-4-5-9-17(16)25(22)29-26(19,2)3;1-16(23)22(18-13-9-6-10-14-18)20(17-11-7-5-8-12-17)19(24)15-21(2,3)4;8-6-7-4-2-1-3-5-7;7-6-4-2-1-3-5-6;1-5(2,3)6-4;1-2(3)4/h2*4-11,15,18-19H,12-14H2,1-3H3;5,7-8,11-12,18,20H,6,9-10,13-15H2,1-4H3;1-6H;6H,1-5,7H2;1-3H3;1H3,(H,3,4)/t2*15-,18-,19-;;;;;/m00...../s1. The van der Waals surface area contributed by atoms with Crippen LogP contribution in [-0.4, -0.2) is 82.7 Å². The van der Waals surface area contributed by atoms with Crippen molar-refractivity contribution >= 4 is 89.6 Å². The molecule has 3 N–H and O–H groups in total. The van der Waals surface area contributed by atoms with Gasteiger partial charge in [0.1, 0.15) is 35.0 Å². The second-order valence-electron chi connectivity index (χ2n) is 34.0. The van der Waals surface area contributed by atoms with Gasteiger partial charge in [0.2, 0.25) is 11.4 Å². The number of carbonyl (C=O) groups is 4. The quantitative estimate of drug-likeness (QED) is 0.0694. The first-order chi connectivity index (χ1) is 51.0. The maximum Gasteiger partial charge on any atom is 0.300 e. The summed E-state index contributed by atoms with van der Waals surface area (Å²) in [5.41, 5.74) is 17.2. The summed E-state index contributed by atoms with van der Waals surface area (Å²) < 4.78 is 13.6. The molecule has 7 atom stereocenters. The monoisotopic (exact) mass is 1440 g/mol. The number of ether oxygens (including phenoxy) is 2. The van der Waals surface area contributed by atoms with Crippen molar-refractivity contribution in [3.8, 4) is 11.5 Å². The number of ketones is 1. The Balaban J connectivity index is 0.000000148. The van der Waals surface area contributed by atoms with Gasteiger partial charge in [-0.05, 0) is 138 Å². The van der Waals surface area contributed by atoms with Crippen molar-refractivity contribution in [2.24, 2.45) is 34.8 Å². The van der Waals surface area contributed by atoms with Crippen molar-refractivity contribution in [2.75, 3.05) is 0 Å². The molecule has 0 bridgehead atoms. The van der Waals surface area contributed by atoms with E-state index < -0.39 is 12.0 Å². The molecule has 14 nitrogen and oxygen atoms in total. The Kier molecular flexibility index (Phi) is 26.5. The fourth-order valence-electron chi connectivity index (χ4n) is 17.1. The molecule has 14 heteroatoms. The molecule has 1 unspecified atom stereocenters.